The second-order valence-electron chi connectivity index (χ2n) is 3.26. The van der Waals surface area contributed by atoms with Crippen LogP contribution in [0.1, 0.15) is 22.2 Å². The van der Waals surface area contributed by atoms with Crippen LogP contribution in [-0.4, -0.2) is 22.7 Å². The first kappa shape index (κ1) is 10.9. The first-order valence-corrected chi connectivity index (χ1v) is 5.82. The van der Waals surface area contributed by atoms with Gasteiger partial charge in [0.1, 0.15) is 5.75 Å². The van der Waals surface area contributed by atoms with Gasteiger partial charge in [-0.15, -0.1) is 11.3 Å². The molecule has 0 bridgehead atoms. The van der Waals surface area contributed by atoms with E-state index < -0.39 is 0 Å². The van der Waals surface area contributed by atoms with Gasteiger partial charge in [-0.25, -0.2) is 0 Å². The van der Waals surface area contributed by atoms with Gasteiger partial charge in [-0.3, -0.25) is 9.48 Å². The summed E-state index contributed by atoms with van der Waals surface area (Å²) in [5.41, 5.74) is 0.617. The fourth-order valence-electron chi connectivity index (χ4n) is 1.34. The number of aromatic nitrogens is 2. The zero-order valence-corrected chi connectivity index (χ0v) is 9.95. The first-order valence-electron chi connectivity index (χ1n) is 4.94. The van der Waals surface area contributed by atoms with Crippen LogP contribution in [0.3, 0.4) is 0 Å². The fraction of sp³-hybridized carbons (Fsp3) is 0.273. The molecule has 84 valence electrons. The molecular formula is C11H12N2O2S. The molecular weight excluding hydrogens is 224 g/mol. The van der Waals surface area contributed by atoms with Gasteiger partial charge in [-0.05, 0) is 6.92 Å². The number of hydrogen-bond donors (Lipinski definition) is 0. The Morgan fingerprint density at radius 3 is 3.00 bits per heavy atom. The van der Waals surface area contributed by atoms with Crippen molar-refractivity contribution in [1.82, 2.24) is 9.78 Å². The second-order valence-corrected chi connectivity index (χ2v) is 4.18. The zero-order chi connectivity index (χ0) is 11.5. The summed E-state index contributed by atoms with van der Waals surface area (Å²) in [5.74, 6) is 0.712. The Hall–Kier alpha value is -1.62. The maximum atomic E-state index is 12.0. The molecule has 0 aromatic carbocycles. The minimum Gasteiger partial charge on any atom is -0.496 e. The molecule has 0 unspecified atom stereocenters. The second kappa shape index (κ2) is 4.49. The molecule has 0 N–H and O–H groups in total. The molecule has 16 heavy (non-hydrogen) atoms. The van der Waals surface area contributed by atoms with E-state index >= 15 is 0 Å². The van der Waals surface area contributed by atoms with Gasteiger partial charge in [-0.1, -0.05) is 0 Å². The Kier molecular flexibility index (Phi) is 3.05. The molecule has 5 heteroatoms. The van der Waals surface area contributed by atoms with E-state index in [1.807, 2.05) is 12.3 Å². The van der Waals surface area contributed by atoms with E-state index in [1.165, 1.54) is 11.3 Å². The average molecular weight is 236 g/mol. The molecule has 0 aliphatic heterocycles. The Balaban J connectivity index is 2.24. The summed E-state index contributed by atoms with van der Waals surface area (Å²) in [6, 6.07) is 1.75. The van der Waals surface area contributed by atoms with Crippen LogP contribution < -0.4 is 4.74 Å². The molecule has 0 aliphatic rings. The summed E-state index contributed by atoms with van der Waals surface area (Å²) in [5, 5.41) is 5.89. The van der Waals surface area contributed by atoms with Crippen molar-refractivity contribution in [3.8, 4) is 5.75 Å². The van der Waals surface area contributed by atoms with Crippen LogP contribution in [0.5, 0.6) is 5.75 Å². The van der Waals surface area contributed by atoms with Gasteiger partial charge in [-0.2, -0.15) is 5.10 Å². The van der Waals surface area contributed by atoms with Crippen LogP contribution in [-0.2, 0) is 6.54 Å². The number of hydrogen-bond acceptors (Lipinski definition) is 4. The quantitative estimate of drug-likeness (QED) is 0.764. The zero-order valence-electron chi connectivity index (χ0n) is 9.14. The molecule has 2 aromatic rings. The Bertz CT molecular complexity index is 457. The number of ether oxygens (including phenoxy) is 1. The third-order valence-corrected chi connectivity index (χ3v) is 3.16. The summed E-state index contributed by atoms with van der Waals surface area (Å²) < 4.78 is 6.78. The van der Waals surface area contributed by atoms with Crippen molar-refractivity contribution in [2.75, 3.05) is 7.11 Å². The number of ketones is 1. The monoisotopic (exact) mass is 236 g/mol. The summed E-state index contributed by atoms with van der Waals surface area (Å²) in [4.78, 5) is 12.7. The van der Waals surface area contributed by atoms with Crippen molar-refractivity contribution < 1.29 is 9.53 Å². The number of aryl methyl sites for hydroxylation is 1. The van der Waals surface area contributed by atoms with Gasteiger partial charge in [0.05, 0.1) is 23.7 Å². The van der Waals surface area contributed by atoms with Crippen molar-refractivity contribution in [2.45, 2.75) is 13.5 Å². The van der Waals surface area contributed by atoms with E-state index in [0.29, 0.717) is 10.4 Å². The van der Waals surface area contributed by atoms with Crippen molar-refractivity contribution in [1.29, 1.82) is 0 Å². The van der Waals surface area contributed by atoms with Gasteiger partial charge >= 0.3 is 0 Å². The van der Waals surface area contributed by atoms with Gasteiger partial charge < -0.3 is 4.74 Å². The molecule has 0 radical (unpaired) electrons. The molecule has 0 saturated heterocycles. The number of carbonyl (C=O) groups is 1. The van der Waals surface area contributed by atoms with Crippen LogP contribution in [0.25, 0.3) is 0 Å². The van der Waals surface area contributed by atoms with E-state index in [-0.39, 0.29) is 5.78 Å². The summed E-state index contributed by atoms with van der Waals surface area (Å²) in [7, 11) is 1.59. The van der Waals surface area contributed by atoms with Gasteiger partial charge in [0.2, 0.25) is 5.78 Å². The lowest BCUT2D eigenvalue weighted by atomic mass is 10.2. The molecule has 0 atom stereocenters. The minimum atomic E-state index is -0.00648. The lowest BCUT2D eigenvalue weighted by Gasteiger charge is -1.93. The SMILES string of the molecule is CCn1cc(C(=O)c2cc(OC)cs2)cn1. The number of methoxy groups -OCH3 is 1. The van der Waals surface area contributed by atoms with Crippen LogP contribution in [0.2, 0.25) is 0 Å². The molecule has 2 heterocycles. The Labute approximate surface area is 97.5 Å². The van der Waals surface area contributed by atoms with E-state index in [1.54, 1.807) is 30.3 Å². The molecule has 0 spiro atoms. The van der Waals surface area contributed by atoms with Gasteiger partial charge in [0, 0.05) is 24.2 Å². The maximum absolute atomic E-state index is 12.0. The molecule has 2 rings (SSSR count). The number of nitrogens with zero attached hydrogens (tertiary/aromatic N) is 2. The van der Waals surface area contributed by atoms with Crippen molar-refractivity contribution >= 4 is 17.1 Å². The van der Waals surface area contributed by atoms with Gasteiger partial charge in [0.15, 0.2) is 0 Å². The highest BCUT2D eigenvalue weighted by Gasteiger charge is 2.13. The van der Waals surface area contributed by atoms with Crippen molar-refractivity contribution in [2.24, 2.45) is 0 Å². The lowest BCUT2D eigenvalue weighted by Crippen LogP contribution is -1.97. The molecule has 4 nitrogen and oxygen atoms in total. The van der Waals surface area contributed by atoms with Gasteiger partial charge in [0.25, 0.3) is 0 Å². The predicted molar refractivity (Wildman–Crippen MR) is 62.2 cm³/mol. The number of rotatable bonds is 4. The highest BCUT2D eigenvalue weighted by atomic mass is 32.1. The van der Waals surface area contributed by atoms with E-state index in [9.17, 15) is 4.79 Å². The molecule has 0 aliphatic carbocycles. The lowest BCUT2D eigenvalue weighted by molar-refractivity contribution is 0.104. The van der Waals surface area contributed by atoms with Crippen molar-refractivity contribution in [3.63, 3.8) is 0 Å². The van der Waals surface area contributed by atoms with Crippen LogP contribution >= 0.6 is 11.3 Å². The van der Waals surface area contributed by atoms with E-state index in [2.05, 4.69) is 5.10 Å². The Morgan fingerprint density at radius 2 is 2.44 bits per heavy atom. The summed E-state index contributed by atoms with van der Waals surface area (Å²) in [6.45, 7) is 2.75. The van der Waals surface area contributed by atoms with E-state index in [4.69, 9.17) is 4.74 Å². The molecule has 2 aromatic heterocycles. The summed E-state index contributed by atoms with van der Waals surface area (Å²) in [6.07, 6.45) is 3.35. The highest BCUT2D eigenvalue weighted by molar-refractivity contribution is 7.12. The largest absolute Gasteiger partial charge is 0.496 e. The predicted octanol–water partition coefficient (Wildman–Crippen LogP) is 2.20. The fourth-order valence-corrected chi connectivity index (χ4v) is 2.16. The minimum absolute atomic E-state index is 0.00648. The topological polar surface area (TPSA) is 44.1 Å². The third-order valence-electron chi connectivity index (χ3n) is 2.25. The highest BCUT2D eigenvalue weighted by Crippen LogP contribution is 2.23. The molecule has 0 fully saturated rings. The maximum Gasteiger partial charge on any atom is 0.206 e. The van der Waals surface area contributed by atoms with Crippen LogP contribution in [0.4, 0.5) is 0 Å². The first-order chi connectivity index (χ1) is 7.74. The van der Waals surface area contributed by atoms with E-state index in [0.717, 1.165) is 12.3 Å². The standard InChI is InChI=1S/C11H12N2O2S/c1-3-13-6-8(5-12-13)11(14)10-4-9(15-2)7-16-10/h4-7H,3H2,1-2H3. The molecule has 0 saturated carbocycles. The van der Waals surface area contributed by atoms with Crippen LogP contribution in [0, 0.1) is 0 Å². The number of carbonyl (C=O) groups excluding carboxylic acids is 1. The smallest absolute Gasteiger partial charge is 0.206 e. The molecule has 0 amide bonds. The Morgan fingerprint density at radius 1 is 1.62 bits per heavy atom. The van der Waals surface area contributed by atoms with Crippen molar-refractivity contribution in [3.05, 3.63) is 34.3 Å². The third kappa shape index (κ3) is 1.99. The normalized spacial score (nSPS) is 10.4. The number of thiophene rings is 1. The van der Waals surface area contributed by atoms with Crippen LogP contribution in [0.15, 0.2) is 23.8 Å². The summed E-state index contributed by atoms with van der Waals surface area (Å²) >= 11 is 1.38. The average Bonchev–Trinajstić information content (AvgIpc) is 2.97.